The fraction of sp³-hybridized carbons (Fsp3) is 0.364. The summed E-state index contributed by atoms with van der Waals surface area (Å²) in [4.78, 5) is 11.5. The fourth-order valence-electron chi connectivity index (χ4n) is 0.780. The highest BCUT2D eigenvalue weighted by Gasteiger charge is 2.08. The van der Waals surface area contributed by atoms with Gasteiger partial charge < -0.3 is 0 Å². The Labute approximate surface area is 84.6 Å². The molecule has 0 spiro atoms. The maximum Gasteiger partial charge on any atom is 0.219 e. The summed E-state index contributed by atoms with van der Waals surface area (Å²) in [6, 6.07) is 0. The molecule has 0 aromatic carbocycles. The van der Waals surface area contributed by atoms with E-state index in [1.54, 1.807) is 18.2 Å². The Bertz CT molecular complexity index is 236. The van der Waals surface area contributed by atoms with Crippen LogP contribution < -0.4 is 0 Å². The van der Waals surface area contributed by atoms with Crippen LogP contribution in [0.15, 0.2) is 36.5 Å². The smallest absolute Gasteiger partial charge is 0.219 e. The van der Waals surface area contributed by atoms with E-state index in [-0.39, 0.29) is 5.12 Å². The lowest BCUT2D eigenvalue weighted by atomic mass is 10.2. The van der Waals surface area contributed by atoms with Crippen LogP contribution >= 0.6 is 11.8 Å². The van der Waals surface area contributed by atoms with Crippen molar-refractivity contribution in [2.24, 2.45) is 0 Å². The molecule has 0 aliphatic heterocycles. The summed E-state index contributed by atoms with van der Waals surface area (Å²) in [5.74, 6) is 0. The molecule has 0 fully saturated rings. The molecule has 0 saturated heterocycles. The van der Waals surface area contributed by atoms with Gasteiger partial charge >= 0.3 is 0 Å². The normalized spacial score (nSPS) is 12.5. The summed E-state index contributed by atoms with van der Waals surface area (Å²) < 4.78 is 0. The summed E-state index contributed by atoms with van der Waals surface area (Å²) in [5.41, 5.74) is 0.705. The third kappa shape index (κ3) is 5.47. The number of rotatable bonds is 4. The van der Waals surface area contributed by atoms with Crippen molar-refractivity contribution in [2.45, 2.75) is 26.0 Å². The monoisotopic (exact) mass is 196 g/mol. The number of carbonyl (C=O) groups excluding carboxylic acids is 1. The predicted octanol–water partition coefficient (Wildman–Crippen LogP) is 3.34. The molecule has 0 radical (unpaired) electrons. The summed E-state index contributed by atoms with van der Waals surface area (Å²) >= 11 is 1.34. The van der Waals surface area contributed by atoms with E-state index in [4.69, 9.17) is 0 Å². The Balaban J connectivity index is 4.47. The van der Waals surface area contributed by atoms with E-state index in [0.717, 1.165) is 0 Å². The third-order valence-electron chi connectivity index (χ3n) is 1.22. The van der Waals surface area contributed by atoms with Gasteiger partial charge in [0, 0.05) is 10.8 Å². The zero-order chi connectivity index (χ0) is 10.3. The van der Waals surface area contributed by atoms with Gasteiger partial charge in [-0.25, -0.2) is 0 Å². The lowest BCUT2D eigenvalue weighted by Crippen LogP contribution is -1.99. The van der Waals surface area contributed by atoms with Gasteiger partial charge in [-0.15, -0.1) is 0 Å². The first-order valence-corrected chi connectivity index (χ1v) is 5.16. The second-order valence-electron chi connectivity index (χ2n) is 2.81. The van der Waals surface area contributed by atoms with Crippen molar-refractivity contribution in [3.8, 4) is 0 Å². The number of carbonyl (C=O) groups is 1. The zero-order valence-electron chi connectivity index (χ0n) is 8.41. The minimum Gasteiger partial charge on any atom is -0.282 e. The number of allylic oxidation sites excluding steroid dienone is 4. The summed E-state index contributed by atoms with van der Waals surface area (Å²) in [6.45, 7) is 9.47. The molecule has 0 heterocycles. The highest BCUT2D eigenvalue weighted by atomic mass is 32.2. The van der Waals surface area contributed by atoms with Gasteiger partial charge in [-0.3, -0.25) is 4.79 Å². The van der Waals surface area contributed by atoms with Crippen LogP contribution in [-0.2, 0) is 4.79 Å². The summed E-state index contributed by atoms with van der Waals surface area (Å²) in [6.07, 6.45) is 7.03. The fourth-order valence-corrected chi connectivity index (χ4v) is 1.48. The molecule has 0 aromatic heterocycles. The van der Waals surface area contributed by atoms with Crippen LogP contribution in [0.5, 0.6) is 0 Å². The van der Waals surface area contributed by atoms with Gasteiger partial charge in [0.1, 0.15) is 0 Å². The molecule has 13 heavy (non-hydrogen) atoms. The van der Waals surface area contributed by atoms with Crippen LogP contribution in [-0.4, -0.2) is 10.4 Å². The SMILES string of the molecule is C=C/C=C(\C=C/C)C(=O)SC(C)C. The van der Waals surface area contributed by atoms with Gasteiger partial charge in [-0.2, -0.15) is 0 Å². The van der Waals surface area contributed by atoms with Gasteiger partial charge in [0.2, 0.25) is 5.12 Å². The van der Waals surface area contributed by atoms with Crippen LogP contribution in [0.3, 0.4) is 0 Å². The largest absolute Gasteiger partial charge is 0.282 e. The van der Waals surface area contributed by atoms with Gasteiger partial charge in [0.05, 0.1) is 0 Å². The molecule has 0 aromatic rings. The van der Waals surface area contributed by atoms with Crippen LogP contribution in [0.1, 0.15) is 20.8 Å². The van der Waals surface area contributed by atoms with E-state index in [1.165, 1.54) is 11.8 Å². The van der Waals surface area contributed by atoms with Crippen molar-refractivity contribution in [3.05, 3.63) is 36.5 Å². The van der Waals surface area contributed by atoms with Crippen LogP contribution in [0.25, 0.3) is 0 Å². The second-order valence-corrected chi connectivity index (χ2v) is 4.36. The first kappa shape index (κ1) is 12.2. The third-order valence-corrected chi connectivity index (χ3v) is 2.14. The van der Waals surface area contributed by atoms with Gasteiger partial charge in [0.15, 0.2) is 0 Å². The van der Waals surface area contributed by atoms with Crippen molar-refractivity contribution in [1.82, 2.24) is 0 Å². The van der Waals surface area contributed by atoms with Crippen LogP contribution in [0.2, 0.25) is 0 Å². The molecule has 0 aliphatic rings. The lowest BCUT2D eigenvalue weighted by molar-refractivity contribution is -0.107. The predicted molar refractivity (Wildman–Crippen MR) is 60.8 cm³/mol. The molecule has 72 valence electrons. The van der Waals surface area contributed by atoms with Gasteiger partial charge in [0.25, 0.3) is 0 Å². The maximum atomic E-state index is 11.5. The van der Waals surface area contributed by atoms with Crippen molar-refractivity contribution >= 4 is 16.9 Å². The zero-order valence-corrected chi connectivity index (χ0v) is 9.23. The Kier molecular flexibility index (Phi) is 6.33. The second kappa shape index (κ2) is 6.72. The Morgan fingerprint density at radius 1 is 1.46 bits per heavy atom. The van der Waals surface area contributed by atoms with Crippen LogP contribution in [0.4, 0.5) is 0 Å². The topological polar surface area (TPSA) is 17.1 Å². The maximum absolute atomic E-state index is 11.5. The highest BCUT2D eigenvalue weighted by Crippen LogP contribution is 2.17. The van der Waals surface area contributed by atoms with Crippen molar-refractivity contribution in [2.75, 3.05) is 0 Å². The standard InChI is InChI=1S/C11H16OS/c1-5-7-10(8-6-2)11(12)13-9(3)4/h5-9H,1H2,2-4H3/b8-6-,10-7+. The lowest BCUT2D eigenvalue weighted by Gasteiger charge is -2.03. The Morgan fingerprint density at radius 3 is 2.46 bits per heavy atom. The summed E-state index contributed by atoms with van der Waals surface area (Å²) in [5, 5.41) is 0.430. The van der Waals surface area contributed by atoms with Crippen molar-refractivity contribution < 1.29 is 4.79 Å². The van der Waals surface area contributed by atoms with Crippen molar-refractivity contribution in [1.29, 1.82) is 0 Å². The minimum atomic E-state index is 0.105. The minimum absolute atomic E-state index is 0.105. The molecule has 0 bridgehead atoms. The van der Waals surface area contributed by atoms with E-state index < -0.39 is 0 Å². The molecular weight excluding hydrogens is 180 g/mol. The molecule has 0 atom stereocenters. The summed E-state index contributed by atoms with van der Waals surface area (Å²) in [7, 11) is 0. The van der Waals surface area contributed by atoms with E-state index >= 15 is 0 Å². The first-order valence-electron chi connectivity index (χ1n) is 4.28. The molecule has 0 saturated carbocycles. The van der Waals surface area contributed by atoms with E-state index in [1.807, 2.05) is 26.8 Å². The first-order chi connectivity index (χ1) is 6.11. The Hall–Kier alpha value is -0.760. The molecule has 0 rings (SSSR count). The van der Waals surface area contributed by atoms with Gasteiger partial charge in [-0.05, 0) is 6.92 Å². The molecule has 0 aliphatic carbocycles. The molecule has 0 N–H and O–H groups in total. The van der Waals surface area contributed by atoms with E-state index in [9.17, 15) is 4.79 Å². The van der Waals surface area contributed by atoms with Gasteiger partial charge in [-0.1, -0.05) is 56.5 Å². The van der Waals surface area contributed by atoms with E-state index in [2.05, 4.69) is 6.58 Å². The molecule has 1 nitrogen and oxygen atoms in total. The van der Waals surface area contributed by atoms with Crippen LogP contribution in [0, 0.1) is 0 Å². The average Bonchev–Trinajstić information content (AvgIpc) is 2.02. The van der Waals surface area contributed by atoms with Crippen molar-refractivity contribution in [3.63, 3.8) is 0 Å². The number of hydrogen-bond donors (Lipinski definition) is 0. The molecule has 2 heteroatoms. The quantitative estimate of drug-likeness (QED) is 0.506. The molecular formula is C11H16OS. The Morgan fingerprint density at radius 2 is 2.08 bits per heavy atom. The van der Waals surface area contributed by atoms with E-state index in [0.29, 0.717) is 10.8 Å². The number of hydrogen-bond acceptors (Lipinski definition) is 2. The molecule has 0 unspecified atom stereocenters. The number of thioether (sulfide) groups is 1. The molecule has 0 amide bonds. The average molecular weight is 196 g/mol. The highest BCUT2D eigenvalue weighted by molar-refractivity contribution is 8.14.